The highest BCUT2D eigenvalue weighted by atomic mass is 16.3. The molecule has 0 saturated carbocycles. The number of hydrogen-bond acceptors (Lipinski definition) is 2. The van der Waals surface area contributed by atoms with E-state index < -0.39 is 0 Å². The average molecular weight is 897 g/mol. The van der Waals surface area contributed by atoms with Crippen LogP contribution in [-0.2, 0) is 17.3 Å². The monoisotopic (exact) mass is 896 g/mol. The highest BCUT2D eigenvalue weighted by molar-refractivity contribution is 6.21. The average Bonchev–Trinajstić information content (AvgIpc) is 4.11. The largest absolute Gasteiger partial charge is 0.455 e. The first-order valence-electron chi connectivity index (χ1n) is 24.9. The van der Waals surface area contributed by atoms with Crippen molar-refractivity contribution in [2.45, 2.75) is 51.4 Å². The number of aryl methyl sites for hydroxylation is 1. The fourth-order valence-corrected chi connectivity index (χ4v) is 13.2. The minimum Gasteiger partial charge on any atom is -0.455 e. The molecule has 2 heteroatoms. The summed E-state index contributed by atoms with van der Waals surface area (Å²) in [5.74, 6) is 0. The molecule has 70 heavy (non-hydrogen) atoms. The Hall–Kier alpha value is -8.20. The van der Waals surface area contributed by atoms with E-state index >= 15 is 0 Å². The Bertz CT molecular complexity index is 4260. The summed E-state index contributed by atoms with van der Waals surface area (Å²) >= 11 is 0. The SMILES string of the molecule is CC1(C)c2cc(-c3ccc(-c4cccc5c4C=CCC5)cc3)c3oc4ccccc4c3c2-c2ccc3c(c21)C(C)(C)c1cc(-c2ccc(-c4cccc5ccccc45)cc2)c2oc4ccccc4c2c1-3. The lowest BCUT2D eigenvalue weighted by Gasteiger charge is -2.31. The lowest BCUT2D eigenvalue weighted by Crippen LogP contribution is -2.24. The zero-order chi connectivity index (χ0) is 46.6. The first-order chi connectivity index (χ1) is 34.2. The van der Waals surface area contributed by atoms with Crippen molar-refractivity contribution < 1.29 is 8.83 Å². The van der Waals surface area contributed by atoms with Crippen LogP contribution < -0.4 is 0 Å². The molecule has 0 unspecified atom stereocenters. The lowest BCUT2D eigenvalue weighted by atomic mass is 9.72. The molecule has 0 radical (unpaired) electrons. The minimum atomic E-state index is -0.332. The zero-order valence-electron chi connectivity index (χ0n) is 39.7. The Kier molecular flexibility index (Phi) is 8.06. The third-order valence-electron chi connectivity index (χ3n) is 16.5. The van der Waals surface area contributed by atoms with Gasteiger partial charge in [-0.1, -0.05) is 198 Å². The number of hydrogen-bond donors (Lipinski definition) is 0. The van der Waals surface area contributed by atoms with Crippen LogP contribution in [0.3, 0.4) is 0 Å². The second kappa shape index (κ2) is 14.2. The molecule has 0 aliphatic heterocycles. The van der Waals surface area contributed by atoms with Crippen molar-refractivity contribution in [2.24, 2.45) is 0 Å². The summed E-state index contributed by atoms with van der Waals surface area (Å²) in [4.78, 5) is 0. The summed E-state index contributed by atoms with van der Waals surface area (Å²) in [6.07, 6.45) is 6.81. The maximum Gasteiger partial charge on any atom is 0.143 e. The standard InChI is InChI=1S/C68H48O2/c1-67(2)55-37-53(43-31-27-41(28-32-43)47-23-13-17-39-15-5-7-19-45(39)47)65-61(49-21-9-11-25-57(49)69-65)59(55)51-35-36-52-60-56(68(3,4)64(52)63(51)67)38-54(66-62(60)50-22-10-12-26-58(50)70-66)44-33-29-42(30-34-44)48-24-14-18-40-16-6-8-20-46(40)48/h5,7-15,17-38H,6,16H2,1-4H3. The molecule has 332 valence electrons. The number of benzene rings is 10. The minimum absolute atomic E-state index is 0.329. The quantitative estimate of drug-likeness (QED) is 0.176. The molecule has 0 atom stereocenters. The van der Waals surface area contributed by atoms with E-state index in [1.165, 1.54) is 99.4 Å². The molecule has 2 aromatic heterocycles. The van der Waals surface area contributed by atoms with Crippen LogP contribution in [0.25, 0.3) is 127 Å². The van der Waals surface area contributed by atoms with Crippen LogP contribution in [0.1, 0.15) is 67.5 Å². The van der Waals surface area contributed by atoms with Crippen LogP contribution in [-0.4, -0.2) is 0 Å². The van der Waals surface area contributed by atoms with Crippen molar-refractivity contribution in [3.05, 3.63) is 221 Å². The van der Waals surface area contributed by atoms with E-state index in [0.29, 0.717) is 0 Å². The van der Waals surface area contributed by atoms with Crippen molar-refractivity contribution in [3.8, 4) is 66.8 Å². The van der Waals surface area contributed by atoms with Gasteiger partial charge in [0.2, 0.25) is 0 Å². The molecule has 12 aromatic rings. The smallest absolute Gasteiger partial charge is 0.143 e. The molecular weight excluding hydrogens is 849 g/mol. The van der Waals surface area contributed by atoms with Gasteiger partial charge in [-0.05, 0) is 137 Å². The van der Waals surface area contributed by atoms with Crippen molar-refractivity contribution >= 4 is 60.7 Å². The van der Waals surface area contributed by atoms with Crippen LogP contribution in [0.15, 0.2) is 197 Å². The Balaban J connectivity index is 0.919. The maximum absolute atomic E-state index is 6.99. The first-order valence-corrected chi connectivity index (χ1v) is 24.9. The van der Waals surface area contributed by atoms with Gasteiger partial charge in [-0.25, -0.2) is 0 Å². The molecule has 0 saturated heterocycles. The first kappa shape index (κ1) is 39.8. The van der Waals surface area contributed by atoms with E-state index in [0.717, 1.165) is 68.2 Å². The van der Waals surface area contributed by atoms with Crippen LogP contribution in [0, 0.1) is 0 Å². The van der Waals surface area contributed by atoms with Gasteiger partial charge in [0.1, 0.15) is 22.3 Å². The highest BCUT2D eigenvalue weighted by Crippen LogP contribution is 2.63. The normalized spacial score (nSPS) is 14.9. The number of para-hydroxylation sites is 2. The van der Waals surface area contributed by atoms with E-state index in [1.54, 1.807) is 0 Å². The van der Waals surface area contributed by atoms with Crippen molar-refractivity contribution in [3.63, 3.8) is 0 Å². The molecular formula is C68H48O2. The molecule has 0 spiro atoms. The molecule has 15 rings (SSSR count). The van der Waals surface area contributed by atoms with E-state index in [9.17, 15) is 0 Å². The molecule has 0 amide bonds. The topological polar surface area (TPSA) is 26.3 Å². The molecule has 3 aliphatic carbocycles. The second-order valence-electron chi connectivity index (χ2n) is 21.0. The summed E-state index contributed by atoms with van der Waals surface area (Å²) in [7, 11) is 0. The van der Waals surface area contributed by atoms with Gasteiger partial charge in [0.15, 0.2) is 0 Å². The fourth-order valence-electron chi connectivity index (χ4n) is 13.2. The van der Waals surface area contributed by atoms with Gasteiger partial charge in [-0.3, -0.25) is 0 Å². The van der Waals surface area contributed by atoms with Crippen molar-refractivity contribution in [1.82, 2.24) is 0 Å². The van der Waals surface area contributed by atoms with E-state index in [-0.39, 0.29) is 10.8 Å². The van der Waals surface area contributed by atoms with Gasteiger partial charge >= 0.3 is 0 Å². The second-order valence-corrected chi connectivity index (χ2v) is 21.0. The fraction of sp³-hybridized carbons (Fsp3) is 0.118. The third kappa shape index (κ3) is 5.34. The molecule has 2 nitrogen and oxygen atoms in total. The van der Waals surface area contributed by atoms with Crippen molar-refractivity contribution in [1.29, 1.82) is 0 Å². The van der Waals surface area contributed by atoms with Crippen LogP contribution in [0.2, 0.25) is 0 Å². The molecule has 0 N–H and O–H groups in total. The third-order valence-corrected chi connectivity index (χ3v) is 16.5. The molecule has 3 aliphatic rings. The predicted octanol–water partition coefficient (Wildman–Crippen LogP) is 18.9. The molecule has 0 fully saturated rings. The van der Waals surface area contributed by atoms with Gasteiger partial charge in [0.05, 0.1) is 0 Å². The van der Waals surface area contributed by atoms with E-state index in [2.05, 4.69) is 222 Å². The maximum atomic E-state index is 6.99. The Morgan fingerprint density at radius 3 is 1.43 bits per heavy atom. The number of furan rings is 2. The Morgan fingerprint density at radius 1 is 0.400 bits per heavy atom. The van der Waals surface area contributed by atoms with E-state index in [4.69, 9.17) is 8.83 Å². The van der Waals surface area contributed by atoms with E-state index in [1.807, 2.05) is 0 Å². The summed E-state index contributed by atoms with van der Waals surface area (Å²) < 4.78 is 14.0. The Labute approximate surface area is 407 Å². The van der Waals surface area contributed by atoms with Crippen LogP contribution in [0.5, 0.6) is 0 Å². The summed E-state index contributed by atoms with van der Waals surface area (Å²) in [6.45, 7) is 9.81. The van der Waals surface area contributed by atoms with Crippen LogP contribution >= 0.6 is 0 Å². The van der Waals surface area contributed by atoms with Gasteiger partial charge < -0.3 is 8.83 Å². The molecule has 0 bridgehead atoms. The highest BCUT2D eigenvalue weighted by Gasteiger charge is 2.48. The number of fused-ring (bicyclic) bond motifs is 17. The predicted molar refractivity (Wildman–Crippen MR) is 293 cm³/mol. The summed E-state index contributed by atoms with van der Waals surface area (Å²) in [5, 5.41) is 7.22. The van der Waals surface area contributed by atoms with Gasteiger partial charge in [0.25, 0.3) is 0 Å². The number of allylic oxidation sites excluding steroid dienone is 1. The van der Waals surface area contributed by atoms with Gasteiger partial charge in [-0.15, -0.1) is 0 Å². The number of rotatable bonds is 4. The molecule has 10 aromatic carbocycles. The zero-order valence-corrected chi connectivity index (χ0v) is 39.7. The Morgan fingerprint density at radius 2 is 0.857 bits per heavy atom. The van der Waals surface area contributed by atoms with Crippen LogP contribution in [0.4, 0.5) is 0 Å². The van der Waals surface area contributed by atoms with Gasteiger partial charge in [-0.2, -0.15) is 0 Å². The lowest BCUT2D eigenvalue weighted by molar-refractivity contribution is 0.601. The summed E-state index contributed by atoms with van der Waals surface area (Å²) in [5.41, 5.74) is 26.1. The molecule has 2 heterocycles. The van der Waals surface area contributed by atoms with Crippen molar-refractivity contribution in [2.75, 3.05) is 0 Å². The summed E-state index contributed by atoms with van der Waals surface area (Å²) in [6, 6.07) is 67.3. The van der Waals surface area contributed by atoms with Gasteiger partial charge in [0, 0.05) is 43.5 Å².